The molecule has 0 aliphatic rings. The number of aromatic carboxylic acids is 1. The molecule has 0 aromatic carbocycles. The number of hydrogen-bond donors (Lipinski definition) is 1. The van der Waals surface area contributed by atoms with Crippen LogP contribution in [0.15, 0.2) is 12.3 Å². The lowest BCUT2D eigenvalue weighted by Crippen LogP contribution is -2.00. The summed E-state index contributed by atoms with van der Waals surface area (Å²) in [4.78, 5) is 10.1. The first kappa shape index (κ1) is 14.3. The van der Waals surface area contributed by atoms with Crippen molar-refractivity contribution in [3.8, 4) is 0 Å². The summed E-state index contributed by atoms with van der Waals surface area (Å²) < 4.78 is 0.780. The van der Waals surface area contributed by atoms with E-state index in [2.05, 4.69) is 12.0 Å². The molecule has 0 unspecified atom stereocenters. The Bertz CT molecular complexity index is 285. The van der Waals surface area contributed by atoms with E-state index in [0.29, 0.717) is 0 Å². The number of rotatable bonds is 4. The van der Waals surface area contributed by atoms with E-state index in [1.165, 1.54) is 31.5 Å². The molecule has 0 radical (unpaired) electrons. The third-order valence-corrected chi connectivity index (χ3v) is 2.09. The number of unbranched alkanes of at least 4 members (excludes halogenated alkanes) is 2. The minimum Gasteiger partial charge on any atom is -0.476 e. The summed E-state index contributed by atoms with van der Waals surface area (Å²) in [6.07, 6.45) is 5.05. The zero-order valence-corrected chi connectivity index (χ0v) is 10.0. The first-order valence-electron chi connectivity index (χ1n) is 4.62. The number of alkyl halides is 1. The predicted octanol–water partition coefficient (Wildman–Crippen LogP) is 3.00. The number of carboxylic acids is 1. The zero-order valence-electron chi connectivity index (χ0n) is 8.49. The van der Waals surface area contributed by atoms with Crippen molar-refractivity contribution >= 4 is 29.3 Å². The van der Waals surface area contributed by atoms with Crippen molar-refractivity contribution in [2.24, 2.45) is 0 Å². The Balaban J connectivity index is 0.000000288. The first-order valence-corrected chi connectivity index (χ1v) is 5.50. The molecule has 0 fully saturated rings. The van der Waals surface area contributed by atoms with E-state index in [9.17, 15) is 4.79 Å². The van der Waals surface area contributed by atoms with Gasteiger partial charge in [0.15, 0.2) is 5.69 Å². The molecule has 6 heteroatoms. The Morgan fingerprint density at radius 1 is 1.60 bits per heavy atom. The van der Waals surface area contributed by atoms with Crippen LogP contribution in [-0.2, 0) is 0 Å². The van der Waals surface area contributed by atoms with E-state index in [4.69, 9.17) is 28.5 Å². The van der Waals surface area contributed by atoms with Gasteiger partial charge in [-0.25, -0.2) is 4.79 Å². The van der Waals surface area contributed by atoms with Crippen LogP contribution in [0.3, 0.4) is 0 Å². The standard InChI is InChI=1S/C5H11Cl.C4H3ClN2O2/c1-2-3-4-5-6;5-7-3(4(8)9)1-2-6-7/h2-5H2,1H3;1-2H,(H,8,9). The highest BCUT2D eigenvalue weighted by Gasteiger charge is 2.06. The highest BCUT2D eigenvalue weighted by atomic mass is 35.5. The van der Waals surface area contributed by atoms with Crippen molar-refractivity contribution in [2.75, 3.05) is 5.88 Å². The smallest absolute Gasteiger partial charge is 0.355 e. The van der Waals surface area contributed by atoms with E-state index in [1.807, 2.05) is 0 Å². The molecule has 1 heterocycles. The summed E-state index contributed by atoms with van der Waals surface area (Å²) in [7, 11) is 0. The molecule has 1 N–H and O–H groups in total. The summed E-state index contributed by atoms with van der Waals surface area (Å²) in [6, 6.07) is 1.31. The number of carbonyl (C=O) groups is 1. The molecule has 0 saturated carbocycles. The number of nitrogens with zero attached hydrogens (tertiary/aromatic N) is 2. The fourth-order valence-electron chi connectivity index (χ4n) is 0.781. The van der Waals surface area contributed by atoms with Crippen molar-refractivity contribution in [3.63, 3.8) is 0 Å². The van der Waals surface area contributed by atoms with Crippen LogP contribution in [-0.4, -0.2) is 26.3 Å². The molecule has 0 aliphatic carbocycles. The van der Waals surface area contributed by atoms with E-state index < -0.39 is 5.97 Å². The van der Waals surface area contributed by atoms with Crippen molar-refractivity contribution < 1.29 is 9.90 Å². The predicted molar refractivity (Wildman–Crippen MR) is 60.7 cm³/mol. The van der Waals surface area contributed by atoms with Gasteiger partial charge in [0.05, 0.1) is 6.20 Å². The molecule has 0 aliphatic heterocycles. The van der Waals surface area contributed by atoms with Gasteiger partial charge in [0, 0.05) is 17.7 Å². The third kappa shape index (κ3) is 6.36. The molecule has 1 aromatic rings. The molecular weight excluding hydrogens is 239 g/mol. The number of hydrogen-bond acceptors (Lipinski definition) is 2. The van der Waals surface area contributed by atoms with Gasteiger partial charge in [-0.15, -0.1) is 11.6 Å². The third-order valence-electron chi connectivity index (χ3n) is 1.56. The van der Waals surface area contributed by atoms with Crippen LogP contribution in [0.2, 0.25) is 0 Å². The van der Waals surface area contributed by atoms with Gasteiger partial charge < -0.3 is 5.11 Å². The monoisotopic (exact) mass is 252 g/mol. The summed E-state index contributed by atoms with van der Waals surface area (Å²) >= 11 is 10.6. The van der Waals surface area contributed by atoms with Gasteiger partial charge in [-0.05, 0) is 12.5 Å². The fourth-order valence-corrected chi connectivity index (χ4v) is 1.15. The van der Waals surface area contributed by atoms with Crippen LogP contribution in [0.4, 0.5) is 0 Å². The lowest BCUT2D eigenvalue weighted by atomic mass is 10.3. The van der Waals surface area contributed by atoms with Gasteiger partial charge >= 0.3 is 5.97 Å². The number of carboxylic acid groups (broad SMARTS) is 1. The Kier molecular flexibility index (Phi) is 8.14. The van der Waals surface area contributed by atoms with Gasteiger partial charge in [0.2, 0.25) is 0 Å². The van der Waals surface area contributed by atoms with Crippen LogP contribution >= 0.6 is 23.4 Å². The van der Waals surface area contributed by atoms with Crippen molar-refractivity contribution in [3.05, 3.63) is 18.0 Å². The Morgan fingerprint density at radius 3 is 2.47 bits per heavy atom. The second-order valence-corrected chi connectivity index (χ2v) is 3.48. The summed E-state index contributed by atoms with van der Waals surface area (Å²) in [5.74, 6) is -0.254. The largest absolute Gasteiger partial charge is 0.476 e. The van der Waals surface area contributed by atoms with Crippen LogP contribution in [0, 0.1) is 0 Å². The van der Waals surface area contributed by atoms with Crippen molar-refractivity contribution in [1.82, 2.24) is 9.30 Å². The van der Waals surface area contributed by atoms with Crippen LogP contribution in [0.1, 0.15) is 36.7 Å². The maximum Gasteiger partial charge on any atom is 0.355 e. The van der Waals surface area contributed by atoms with E-state index in [-0.39, 0.29) is 5.69 Å². The molecule has 15 heavy (non-hydrogen) atoms. The van der Waals surface area contributed by atoms with Gasteiger partial charge in [-0.3, -0.25) is 0 Å². The minimum atomic E-state index is -1.08. The fraction of sp³-hybridized carbons (Fsp3) is 0.556. The summed E-state index contributed by atoms with van der Waals surface area (Å²) in [5.41, 5.74) is -0.0309. The maximum absolute atomic E-state index is 10.1. The quantitative estimate of drug-likeness (QED) is 0.662. The lowest BCUT2D eigenvalue weighted by Gasteiger charge is -1.87. The van der Waals surface area contributed by atoms with Crippen molar-refractivity contribution in [2.45, 2.75) is 26.2 Å². The van der Waals surface area contributed by atoms with Crippen LogP contribution in [0.5, 0.6) is 0 Å². The van der Waals surface area contributed by atoms with E-state index in [1.54, 1.807) is 0 Å². The zero-order chi connectivity index (χ0) is 11.7. The number of halogens is 2. The molecule has 0 bridgehead atoms. The van der Waals surface area contributed by atoms with E-state index >= 15 is 0 Å². The van der Waals surface area contributed by atoms with Gasteiger partial charge in [0.1, 0.15) is 0 Å². The molecule has 0 amide bonds. The molecule has 1 rings (SSSR count). The molecule has 0 spiro atoms. The molecular formula is C9H14Cl2N2O2. The van der Waals surface area contributed by atoms with Crippen LogP contribution < -0.4 is 0 Å². The Hall–Kier alpha value is -0.740. The highest BCUT2D eigenvalue weighted by molar-refractivity contribution is 6.17. The van der Waals surface area contributed by atoms with Crippen molar-refractivity contribution in [1.29, 1.82) is 0 Å². The summed E-state index contributed by atoms with van der Waals surface area (Å²) in [5, 5.41) is 11.7. The minimum absolute atomic E-state index is 0.0309. The molecule has 1 aromatic heterocycles. The normalized spacial score (nSPS) is 9.27. The molecule has 86 valence electrons. The summed E-state index contributed by atoms with van der Waals surface area (Å²) in [6.45, 7) is 2.17. The Labute approximate surface area is 98.9 Å². The van der Waals surface area contributed by atoms with Gasteiger partial charge in [-0.2, -0.15) is 9.30 Å². The Morgan fingerprint density at radius 2 is 2.27 bits per heavy atom. The second kappa shape index (κ2) is 8.56. The topological polar surface area (TPSA) is 55.1 Å². The molecule has 0 saturated heterocycles. The lowest BCUT2D eigenvalue weighted by molar-refractivity contribution is 0.0688. The molecule has 4 nitrogen and oxygen atoms in total. The molecule has 0 atom stereocenters. The average molecular weight is 253 g/mol. The first-order chi connectivity index (χ1) is 7.13. The average Bonchev–Trinajstić information content (AvgIpc) is 2.62. The van der Waals surface area contributed by atoms with Gasteiger partial charge in [0.25, 0.3) is 0 Å². The van der Waals surface area contributed by atoms with Crippen LogP contribution in [0.25, 0.3) is 0 Å². The number of aromatic nitrogens is 2. The van der Waals surface area contributed by atoms with E-state index in [0.717, 1.165) is 10.1 Å². The van der Waals surface area contributed by atoms with Gasteiger partial charge in [-0.1, -0.05) is 19.8 Å². The SMILES string of the molecule is CCCCCCl.O=C(O)c1ccnn1Cl. The second-order valence-electron chi connectivity index (χ2n) is 2.78. The highest BCUT2D eigenvalue weighted by Crippen LogP contribution is 1.98. The maximum atomic E-state index is 10.1.